The molecule has 4 rings (SSSR count). The van der Waals surface area contributed by atoms with E-state index in [1.165, 1.54) is 4.90 Å². The first-order valence-corrected chi connectivity index (χ1v) is 18.3. The molecule has 1 aromatic heterocycles. The fourth-order valence-electron chi connectivity index (χ4n) is 5.60. The number of halogens is 1. The third-order valence-electron chi connectivity index (χ3n) is 8.06. The lowest BCUT2D eigenvalue weighted by Crippen LogP contribution is -2.57. The quantitative estimate of drug-likeness (QED) is 0.150. The first-order chi connectivity index (χ1) is 24.0. The van der Waals surface area contributed by atoms with Crippen molar-refractivity contribution in [2.75, 3.05) is 38.2 Å². The van der Waals surface area contributed by atoms with Gasteiger partial charge in [0, 0.05) is 37.8 Å². The second-order valence-electron chi connectivity index (χ2n) is 14.6. The molecule has 3 atom stereocenters. The molecule has 3 amide bonds. The minimum absolute atomic E-state index is 0.0823. The lowest BCUT2D eigenvalue weighted by Gasteiger charge is -2.35. The Labute approximate surface area is 309 Å². The average molecular weight is 744 g/mol. The molecule has 0 unspecified atom stereocenters. The van der Waals surface area contributed by atoms with E-state index in [4.69, 9.17) is 25.8 Å². The summed E-state index contributed by atoms with van der Waals surface area (Å²) < 4.78 is 16.8. The number of β-amino-alcohol motifs (C(OH)–C–C–N with tert-alkyl or cyclic N) is 1. The molecule has 0 radical (unpaired) electrons. The van der Waals surface area contributed by atoms with E-state index in [1.807, 2.05) is 57.5 Å². The number of aryl methyl sites for hydroxylation is 1. The predicted octanol–water partition coefficient (Wildman–Crippen LogP) is 5.80. The van der Waals surface area contributed by atoms with Gasteiger partial charge in [0.2, 0.25) is 11.8 Å². The minimum atomic E-state index is -0.794. The summed E-state index contributed by atoms with van der Waals surface area (Å²) in [4.78, 5) is 46.2. The molecule has 14 heteroatoms. The molecular formula is C37H50ClN5O7S. The number of hydrogen-bond donors (Lipinski definition) is 4. The summed E-state index contributed by atoms with van der Waals surface area (Å²) >= 11 is 7.86. The van der Waals surface area contributed by atoms with Crippen molar-refractivity contribution in [2.45, 2.75) is 85.2 Å². The molecule has 2 aromatic carbocycles. The number of nitrogens with one attached hydrogen (secondary N) is 3. The Morgan fingerprint density at radius 1 is 1.06 bits per heavy atom. The maximum Gasteiger partial charge on any atom is 0.412 e. The van der Waals surface area contributed by atoms with Crippen molar-refractivity contribution in [3.05, 3.63) is 64.3 Å². The van der Waals surface area contributed by atoms with Gasteiger partial charge in [-0.1, -0.05) is 56.6 Å². The molecular weight excluding hydrogens is 694 g/mol. The average Bonchev–Trinajstić information content (AvgIpc) is 3.66. The maximum atomic E-state index is 13.9. The molecule has 12 nitrogen and oxygen atoms in total. The molecule has 4 N–H and O–H groups in total. The van der Waals surface area contributed by atoms with E-state index >= 15 is 0 Å². The lowest BCUT2D eigenvalue weighted by molar-refractivity contribution is -0.142. The minimum Gasteiger partial charge on any atom is -0.490 e. The van der Waals surface area contributed by atoms with Gasteiger partial charge in [-0.2, -0.15) is 0 Å². The summed E-state index contributed by atoms with van der Waals surface area (Å²) in [6, 6.07) is 11.4. The van der Waals surface area contributed by atoms with Gasteiger partial charge >= 0.3 is 6.09 Å². The van der Waals surface area contributed by atoms with Crippen LogP contribution in [-0.4, -0.2) is 89.6 Å². The summed E-state index contributed by atoms with van der Waals surface area (Å²) in [6.07, 6.45) is -1.21. The molecule has 51 heavy (non-hydrogen) atoms. The number of hydrogen-bond acceptors (Lipinski definition) is 10. The van der Waals surface area contributed by atoms with Crippen LogP contribution in [-0.2, 0) is 25.6 Å². The molecule has 1 aliphatic rings. The maximum absolute atomic E-state index is 13.9. The molecule has 0 saturated carbocycles. The van der Waals surface area contributed by atoms with Crippen LogP contribution >= 0.6 is 22.9 Å². The first-order valence-electron chi connectivity index (χ1n) is 17.0. The monoisotopic (exact) mass is 743 g/mol. The van der Waals surface area contributed by atoms with Crippen LogP contribution in [0.4, 0.5) is 10.5 Å². The highest BCUT2D eigenvalue weighted by Gasteiger charge is 2.43. The molecule has 1 fully saturated rings. The second-order valence-corrected chi connectivity index (χ2v) is 15.8. The van der Waals surface area contributed by atoms with E-state index in [0.717, 1.165) is 21.7 Å². The van der Waals surface area contributed by atoms with Crippen molar-refractivity contribution in [1.29, 1.82) is 0 Å². The molecule has 0 bridgehead atoms. The van der Waals surface area contributed by atoms with Crippen molar-refractivity contribution >= 4 is 46.5 Å². The van der Waals surface area contributed by atoms with Crippen molar-refractivity contribution in [3.63, 3.8) is 0 Å². The zero-order valence-corrected chi connectivity index (χ0v) is 32.0. The number of carbonyl (C=O) groups is 3. The standard InChI is InChI=1S/C37H50ClN5O7S/c1-23-31(51-22-41-23)25-10-8-24(9-11-25)20-40-33(45)29-19-27(44)21-43(29)34(46)32(36(2,3)4)39-14-15-48-16-17-49-30-18-26(12-13-28(30)38)42-35(47)50-37(5,6)7/h8-13,18,22,27,29,32,39,44H,14-17,19-21H2,1-7H3,(H,40,45)(H,42,47)/t27-,29+,32-/m1/s1. The number of aliphatic hydroxyl groups is 1. The number of rotatable bonds is 14. The number of benzene rings is 2. The summed E-state index contributed by atoms with van der Waals surface area (Å²) in [7, 11) is 0. The van der Waals surface area contributed by atoms with Crippen LogP contribution in [0.25, 0.3) is 10.4 Å². The van der Waals surface area contributed by atoms with Crippen molar-refractivity contribution in [2.24, 2.45) is 5.41 Å². The fraction of sp³-hybridized carbons (Fsp3) is 0.514. The largest absolute Gasteiger partial charge is 0.490 e. The van der Waals surface area contributed by atoms with Gasteiger partial charge < -0.3 is 34.9 Å². The third-order valence-corrected chi connectivity index (χ3v) is 9.35. The van der Waals surface area contributed by atoms with E-state index < -0.39 is 35.3 Å². The Morgan fingerprint density at radius 2 is 1.78 bits per heavy atom. The summed E-state index contributed by atoms with van der Waals surface area (Å²) in [5, 5.41) is 19.8. The third kappa shape index (κ3) is 11.9. The van der Waals surface area contributed by atoms with E-state index in [0.29, 0.717) is 36.2 Å². The van der Waals surface area contributed by atoms with Gasteiger partial charge in [0.05, 0.1) is 46.5 Å². The number of thiazole rings is 1. The number of amides is 3. The van der Waals surface area contributed by atoms with Gasteiger partial charge in [-0.3, -0.25) is 14.9 Å². The van der Waals surface area contributed by atoms with Crippen LogP contribution in [0.2, 0.25) is 5.02 Å². The highest BCUT2D eigenvalue weighted by molar-refractivity contribution is 7.13. The van der Waals surface area contributed by atoms with Gasteiger partial charge in [-0.05, 0) is 56.4 Å². The number of likely N-dealkylation sites (tertiary alicyclic amines) is 1. The Balaban J connectivity index is 1.24. The van der Waals surface area contributed by atoms with E-state index in [-0.39, 0.29) is 38.0 Å². The Morgan fingerprint density at radius 3 is 2.43 bits per heavy atom. The Bertz CT molecular complexity index is 1640. The number of aliphatic hydroxyl groups excluding tert-OH is 1. The Kier molecular flexibility index (Phi) is 13.9. The smallest absolute Gasteiger partial charge is 0.412 e. The van der Waals surface area contributed by atoms with Crippen molar-refractivity contribution < 1.29 is 33.7 Å². The van der Waals surface area contributed by atoms with Crippen LogP contribution in [0.5, 0.6) is 5.75 Å². The second kappa shape index (κ2) is 17.6. The van der Waals surface area contributed by atoms with Crippen LogP contribution in [0, 0.1) is 12.3 Å². The normalized spacial score (nSPS) is 16.8. The van der Waals surface area contributed by atoms with E-state index in [9.17, 15) is 19.5 Å². The van der Waals surface area contributed by atoms with Gasteiger partial charge in [-0.15, -0.1) is 11.3 Å². The zero-order valence-electron chi connectivity index (χ0n) is 30.4. The van der Waals surface area contributed by atoms with Crippen molar-refractivity contribution in [1.82, 2.24) is 20.5 Å². The molecule has 0 spiro atoms. The first kappa shape index (κ1) is 40.0. The molecule has 3 aromatic rings. The van der Waals surface area contributed by atoms with Gasteiger partial charge in [0.1, 0.15) is 24.0 Å². The number of carbonyl (C=O) groups excluding carboxylic acids is 3. The van der Waals surface area contributed by atoms with Crippen LogP contribution < -0.4 is 20.7 Å². The number of aromatic nitrogens is 1. The van der Waals surface area contributed by atoms with Gasteiger partial charge in [0.25, 0.3) is 0 Å². The van der Waals surface area contributed by atoms with Crippen LogP contribution in [0.3, 0.4) is 0 Å². The number of anilines is 1. The van der Waals surface area contributed by atoms with Gasteiger partial charge in [-0.25, -0.2) is 9.78 Å². The summed E-state index contributed by atoms with van der Waals surface area (Å²) in [6.45, 7) is 14.7. The van der Waals surface area contributed by atoms with Gasteiger partial charge in [0.15, 0.2) is 0 Å². The fourth-order valence-corrected chi connectivity index (χ4v) is 6.58. The Hall–Kier alpha value is -3.75. The molecule has 2 heterocycles. The number of nitrogens with zero attached hydrogens (tertiary/aromatic N) is 2. The summed E-state index contributed by atoms with van der Waals surface area (Å²) in [5.41, 5.74) is 4.16. The predicted molar refractivity (Wildman–Crippen MR) is 199 cm³/mol. The lowest BCUT2D eigenvalue weighted by atomic mass is 9.85. The van der Waals surface area contributed by atoms with Crippen molar-refractivity contribution in [3.8, 4) is 16.2 Å². The highest BCUT2D eigenvalue weighted by Crippen LogP contribution is 2.30. The highest BCUT2D eigenvalue weighted by atomic mass is 35.5. The van der Waals surface area contributed by atoms with Crippen LogP contribution in [0.1, 0.15) is 59.2 Å². The zero-order chi connectivity index (χ0) is 37.3. The van der Waals surface area contributed by atoms with E-state index in [1.54, 1.807) is 50.3 Å². The number of ether oxygens (including phenoxy) is 3. The van der Waals surface area contributed by atoms with Crippen LogP contribution in [0.15, 0.2) is 48.0 Å². The molecule has 1 aliphatic heterocycles. The summed E-state index contributed by atoms with van der Waals surface area (Å²) in [5.74, 6) is -0.164. The SMILES string of the molecule is Cc1ncsc1-c1ccc(CNC(=O)[C@@H]2C[C@@H](O)CN2C(=O)[C@@H](NCCOCCOc2cc(NC(=O)OC(C)(C)C)ccc2Cl)C(C)(C)C)cc1. The molecule has 0 aliphatic carbocycles. The topological polar surface area (TPSA) is 151 Å². The molecule has 278 valence electrons. The van der Waals surface area contributed by atoms with E-state index in [2.05, 4.69) is 20.9 Å². The molecule has 1 saturated heterocycles.